The van der Waals surface area contributed by atoms with Crippen LogP contribution in [0.2, 0.25) is 0 Å². The average Bonchev–Trinajstić information content (AvgIpc) is 2.43. The van der Waals surface area contributed by atoms with E-state index in [2.05, 4.69) is 6.92 Å². The first kappa shape index (κ1) is 12.2. The van der Waals surface area contributed by atoms with Gasteiger partial charge in [-0.2, -0.15) is 0 Å². The van der Waals surface area contributed by atoms with Gasteiger partial charge in [0.1, 0.15) is 0 Å². The number of nitrogens with zero attached hydrogens (tertiary/aromatic N) is 1. The summed E-state index contributed by atoms with van der Waals surface area (Å²) in [5.74, 6) is -0.418. The maximum atomic E-state index is 11.7. The van der Waals surface area contributed by atoms with Crippen LogP contribution in [-0.2, 0) is 6.42 Å². The lowest BCUT2D eigenvalue weighted by molar-refractivity contribution is 0.0697. The Labute approximate surface area is 112 Å². The number of fused-ring (bicyclic) bond motifs is 2. The lowest BCUT2D eigenvalue weighted by atomic mass is 9.82. The molecule has 1 aromatic carbocycles. The molecule has 3 heteroatoms. The van der Waals surface area contributed by atoms with Crippen LogP contribution in [0.15, 0.2) is 24.3 Å². The number of rotatable bonds is 2. The molecule has 1 heterocycles. The Kier molecular flexibility index (Phi) is 2.97. The second-order valence-electron chi connectivity index (χ2n) is 5.17. The van der Waals surface area contributed by atoms with Gasteiger partial charge in [-0.3, -0.25) is 4.98 Å². The molecule has 0 amide bonds. The molecule has 0 saturated carbocycles. The Morgan fingerprint density at radius 3 is 2.95 bits per heavy atom. The van der Waals surface area contributed by atoms with E-state index < -0.39 is 5.97 Å². The molecule has 19 heavy (non-hydrogen) atoms. The summed E-state index contributed by atoms with van der Waals surface area (Å²) >= 11 is 0. The highest BCUT2D eigenvalue weighted by Crippen LogP contribution is 2.36. The summed E-state index contributed by atoms with van der Waals surface area (Å²) in [4.78, 5) is 16.4. The van der Waals surface area contributed by atoms with Gasteiger partial charge in [0.05, 0.1) is 11.1 Å². The van der Waals surface area contributed by atoms with E-state index in [0.29, 0.717) is 11.5 Å². The number of aromatic nitrogens is 1. The van der Waals surface area contributed by atoms with Gasteiger partial charge in [-0.1, -0.05) is 25.1 Å². The molecule has 1 aliphatic rings. The molecule has 0 radical (unpaired) electrons. The Balaban J connectivity index is 2.37. The number of para-hydroxylation sites is 1. The molecule has 0 aliphatic heterocycles. The number of carbonyl (C=O) groups is 1. The van der Waals surface area contributed by atoms with Gasteiger partial charge >= 0.3 is 5.97 Å². The van der Waals surface area contributed by atoms with Crippen LogP contribution in [0.5, 0.6) is 0 Å². The highest BCUT2D eigenvalue weighted by Gasteiger charge is 2.26. The molecule has 0 saturated heterocycles. The quantitative estimate of drug-likeness (QED) is 0.888. The second-order valence-corrected chi connectivity index (χ2v) is 5.17. The van der Waals surface area contributed by atoms with Crippen molar-refractivity contribution >= 4 is 16.9 Å². The molecule has 98 valence electrons. The Morgan fingerprint density at radius 1 is 1.42 bits per heavy atom. The summed E-state index contributed by atoms with van der Waals surface area (Å²) in [5.41, 5.74) is 3.26. The van der Waals surface area contributed by atoms with E-state index in [1.54, 1.807) is 0 Å². The summed E-state index contributed by atoms with van der Waals surface area (Å²) in [6, 6.07) is 7.56. The van der Waals surface area contributed by atoms with Crippen molar-refractivity contribution in [3.05, 3.63) is 41.1 Å². The molecule has 1 aromatic heterocycles. The van der Waals surface area contributed by atoms with Gasteiger partial charge in [-0.15, -0.1) is 0 Å². The van der Waals surface area contributed by atoms with Gasteiger partial charge < -0.3 is 5.11 Å². The Bertz CT molecular complexity index is 648. The second kappa shape index (κ2) is 4.65. The Morgan fingerprint density at radius 2 is 2.21 bits per heavy atom. The number of benzene rings is 1. The van der Waals surface area contributed by atoms with E-state index in [4.69, 9.17) is 4.98 Å². The van der Waals surface area contributed by atoms with Crippen LogP contribution in [0.3, 0.4) is 0 Å². The third kappa shape index (κ3) is 1.89. The van der Waals surface area contributed by atoms with Gasteiger partial charge in [0, 0.05) is 17.0 Å². The van der Waals surface area contributed by atoms with Crippen molar-refractivity contribution in [2.24, 2.45) is 0 Å². The first-order chi connectivity index (χ1) is 9.22. The van der Waals surface area contributed by atoms with Crippen molar-refractivity contribution < 1.29 is 9.90 Å². The number of carboxylic acids is 1. The maximum absolute atomic E-state index is 11.7. The van der Waals surface area contributed by atoms with Gasteiger partial charge in [-0.25, -0.2) is 4.79 Å². The zero-order valence-corrected chi connectivity index (χ0v) is 11.0. The lowest BCUT2D eigenvalue weighted by Gasteiger charge is -2.25. The molecule has 1 atom stereocenters. The molecule has 1 unspecified atom stereocenters. The fourth-order valence-electron chi connectivity index (χ4n) is 3.16. The zero-order chi connectivity index (χ0) is 13.4. The first-order valence-electron chi connectivity index (χ1n) is 6.87. The molecule has 3 rings (SSSR count). The van der Waals surface area contributed by atoms with Crippen molar-refractivity contribution in [2.45, 2.75) is 38.5 Å². The van der Waals surface area contributed by atoms with Gasteiger partial charge in [0.2, 0.25) is 0 Å². The average molecular weight is 255 g/mol. The van der Waals surface area contributed by atoms with Gasteiger partial charge in [-0.05, 0) is 37.3 Å². The summed E-state index contributed by atoms with van der Waals surface area (Å²) < 4.78 is 0. The molecule has 0 bridgehead atoms. The van der Waals surface area contributed by atoms with Crippen molar-refractivity contribution in [3.63, 3.8) is 0 Å². The molecule has 0 fully saturated rings. The predicted molar refractivity (Wildman–Crippen MR) is 74.7 cm³/mol. The lowest BCUT2D eigenvalue weighted by Crippen LogP contribution is -2.16. The van der Waals surface area contributed by atoms with E-state index in [0.717, 1.165) is 47.8 Å². The van der Waals surface area contributed by atoms with Gasteiger partial charge in [0.25, 0.3) is 0 Å². The fourth-order valence-corrected chi connectivity index (χ4v) is 3.16. The van der Waals surface area contributed by atoms with Crippen LogP contribution in [0.4, 0.5) is 0 Å². The molecule has 1 aliphatic carbocycles. The van der Waals surface area contributed by atoms with E-state index in [1.807, 2.05) is 24.3 Å². The minimum Gasteiger partial charge on any atom is -0.478 e. The highest BCUT2D eigenvalue weighted by molar-refractivity contribution is 6.04. The van der Waals surface area contributed by atoms with Crippen molar-refractivity contribution in [2.75, 3.05) is 0 Å². The standard InChI is InChI=1S/C16H17NO2/c1-2-10-6-5-8-12-14(16(18)19)11-7-3-4-9-13(11)17-15(10)12/h3-4,7,9-10H,2,5-6,8H2,1H3,(H,18,19). The minimum absolute atomic E-state index is 0.409. The molecule has 3 nitrogen and oxygen atoms in total. The van der Waals surface area contributed by atoms with E-state index in [1.165, 1.54) is 0 Å². The summed E-state index contributed by atoms with van der Waals surface area (Å²) in [6.07, 6.45) is 4.04. The predicted octanol–water partition coefficient (Wildman–Crippen LogP) is 3.76. The van der Waals surface area contributed by atoms with Crippen molar-refractivity contribution in [3.8, 4) is 0 Å². The summed E-state index contributed by atoms with van der Waals surface area (Å²) in [5, 5.41) is 10.3. The fraction of sp³-hybridized carbons (Fsp3) is 0.375. The van der Waals surface area contributed by atoms with Crippen LogP contribution in [0.1, 0.15) is 53.7 Å². The summed E-state index contributed by atoms with van der Waals surface area (Å²) in [6.45, 7) is 2.15. The van der Waals surface area contributed by atoms with Gasteiger partial charge in [0.15, 0.2) is 0 Å². The first-order valence-corrected chi connectivity index (χ1v) is 6.87. The molecule has 2 aromatic rings. The van der Waals surface area contributed by atoms with E-state index >= 15 is 0 Å². The van der Waals surface area contributed by atoms with Crippen LogP contribution in [0.25, 0.3) is 10.9 Å². The largest absolute Gasteiger partial charge is 0.478 e. The topological polar surface area (TPSA) is 50.2 Å². The Hall–Kier alpha value is -1.90. The summed E-state index contributed by atoms with van der Waals surface area (Å²) in [7, 11) is 0. The third-order valence-electron chi connectivity index (χ3n) is 4.10. The normalized spacial score (nSPS) is 18.3. The van der Waals surface area contributed by atoms with Crippen molar-refractivity contribution in [1.29, 1.82) is 0 Å². The minimum atomic E-state index is -0.827. The van der Waals surface area contributed by atoms with E-state index in [-0.39, 0.29) is 0 Å². The third-order valence-corrected chi connectivity index (χ3v) is 4.10. The van der Waals surface area contributed by atoms with Crippen LogP contribution >= 0.6 is 0 Å². The molecular weight excluding hydrogens is 238 g/mol. The van der Waals surface area contributed by atoms with Crippen LogP contribution < -0.4 is 0 Å². The molecule has 0 spiro atoms. The smallest absolute Gasteiger partial charge is 0.336 e. The van der Waals surface area contributed by atoms with E-state index in [9.17, 15) is 9.90 Å². The highest BCUT2D eigenvalue weighted by atomic mass is 16.4. The maximum Gasteiger partial charge on any atom is 0.336 e. The van der Waals surface area contributed by atoms with Crippen molar-refractivity contribution in [1.82, 2.24) is 4.98 Å². The number of aromatic carboxylic acids is 1. The molecule has 1 N–H and O–H groups in total. The molecular formula is C16H17NO2. The number of hydrogen-bond acceptors (Lipinski definition) is 2. The zero-order valence-electron chi connectivity index (χ0n) is 11.0. The van der Waals surface area contributed by atoms with Crippen LogP contribution in [0, 0.1) is 0 Å². The number of carboxylic acid groups (broad SMARTS) is 1. The SMILES string of the molecule is CCC1CCCc2c1nc1ccccc1c2C(=O)O. The monoisotopic (exact) mass is 255 g/mol. The van der Waals surface area contributed by atoms with Crippen LogP contribution in [-0.4, -0.2) is 16.1 Å². The number of pyridine rings is 1. The number of hydrogen-bond donors (Lipinski definition) is 1.